The van der Waals surface area contributed by atoms with Gasteiger partial charge in [0.2, 0.25) is 0 Å². The molecular formula is C19H22N2O. The van der Waals surface area contributed by atoms with Gasteiger partial charge < -0.3 is 10.6 Å². The molecule has 0 bridgehead atoms. The second kappa shape index (κ2) is 5.84. The molecule has 114 valence electrons. The summed E-state index contributed by atoms with van der Waals surface area (Å²) in [7, 11) is 0. The molecule has 2 aromatic rings. The second-order valence-electron chi connectivity index (χ2n) is 6.18. The van der Waals surface area contributed by atoms with Gasteiger partial charge in [-0.25, -0.2) is 4.79 Å². The Morgan fingerprint density at radius 3 is 2.32 bits per heavy atom. The first-order chi connectivity index (χ1) is 10.6. The molecule has 2 N–H and O–H groups in total. The Kier molecular flexibility index (Phi) is 3.88. The van der Waals surface area contributed by atoms with Gasteiger partial charge in [-0.2, -0.15) is 0 Å². The minimum absolute atomic E-state index is 0.133. The molecule has 0 heterocycles. The fourth-order valence-electron chi connectivity index (χ4n) is 2.97. The predicted molar refractivity (Wildman–Crippen MR) is 90.0 cm³/mol. The topological polar surface area (TPSA) is 41.1 Å². The van der Waals surface area contributed by atoms with E-state index in [0.717, 1.165) is 24.9 Å². The lowest BCUT2D eigenvalue weighted by Gasteiger charge is -2.43. The lowest BCUT2D eigenvalue weighted by molar-refractivity contribution is 0.185. The fraction of sp³-hybridized carbons (Fsp3) is 0.316. The van der Waals surface area contributed by atoms with Crippen LogP contribution in [-0.2, 0) is 5.54 Å². The second-order valence-corrected chi connectivity index (χ2v) is 6.18. The fourth-order valence-corrected chi connectivity index (χ4v) is 2.97. The van der Waals surface area contributed by atoms with Crippen molar-refractivity contribution in [3.63, 3.8) is 0 Å². The third-order valence-electron chi connectivity index (χ3n) is 4.65. The highest BCUT2D eigenvalue weighted by Crippen LogP contribution is 2.41. The van der Waals surface area contributed by atoms with E-state index in [9.17, 15) is 4.79 Å². The van der Waals surface area contributed by atoms with Gasteiger partial charge in [-0.05, 0) is 61.9 Å². The molecule has 1 saturated carbocycles. The van der Waals surface area contributed by atoms with Crippen molar-refractivity contribution in [2.75, 3.05) is 5.32 Å². The Hall–Kier alpha value is -2.29. The van der Waals surface area contributed by atoms with Crippen molar-refractivity contribution in [2.45, 2.75) is 38.6 Å². The van der Waals surface area contributed by atoms with Crippen LogP contribution in [-0.4, -0.2) is 6.03 Å². The zero-order chi connectivity index (χ0) is 15.6. The third kappa shape index (κ3) is 2.84. The number of nitrogens with one attached hydrogen (secondary N) is 2. The Morgan fingerprint density at radius 2 is 1.73 bits per heavy atom. The molecule has 0 atom stereocenters. The minimum atomic E-state index is -0.203. The van der Waals surface area contributed by atoms with Gasteiger partial charge in [0.1, 0.15) is 0 Å². The number of rotatable bonds is 3. The zero-order valence-corrected chi connectivity index (χ0v) is 13.1. The summed E-state index contributed by atoms with van der Waals surface area (Å²) in [4.78, 5) is 12.4. The van der Waals surface area contributed by atoms with E-state index >= 15 is 0 Å². The maximum atomic E-state index is 12.4. The first-order valence-corrected chi connectivity index (χ1v) is 7.81. The highest BCUT2D eigenvalue weighted by Gasteiger charge is 2.39. The van der Waals surface area contributed by atoms with E-state index < -0.39 is 0 Å². The van der Waals surface area contributed by atoms with Crippen molar-refractivity contribution in [3.05, 3.63) is 65.2 Å². The Bertz CT molecular complexity index is 675. The number of benzene rings is 2. The van der Waals surface area contributed by atoms with E-state index in [1.165, 1.54) is 16.7 Å². The number of carbonyl (C=O) groups excluding carboxylic acids is 1. The zero-order valence-electron chi connectivity index (χ0n) is 13.1. The van der Waals surface area contributed by atoms with E-state index in [1.807, 2.05) is 36.4 Å². The Balaban J connectivity index is 1.71. The third-order valence-corrected chi connectivity index (χ3v) is 4.65. The van der Waals surface area contributed by atoms with Crippen LogP contribution in [0.25, 0.3) is 0 Å². The van der Waals surface area contributed by atoms with Crippen molar-refractivity contribution in [2.24, 2.45) is 0 Å². The summed E-state index contributed by atoms with van der Waals surface area (Å²) in [6.45, 7) is 4.12. The number of amides is 2. The SMILES string of the molecule is Cc1ccc(NC(=O)NC2(c3ccccc3)CCC2)cc1C. The summed E-state index contributed by atoms with van der Waals surface area (Å²) in [5, 5.41) is 6.13. The van der Waals surface area contributed by atoms with Crippen molar-refractivity contribution < 1.29 is 4.79 Å². The number of hydrogen-bond acceptors (Lipinski definition) is 1. The molecule has 3 rings (SSSR count). The van der Waals surface area contributed by atoms with Crippen LogP contribution in [0.3, 0.4) is 0 Å². The molecule has 2 amide bonds. The van der Waals surface area contributed by atoms with Crippen molar-refractivity contribution in [1.29, 1.82) is 0 Å². The van der Waals surface area contributed by atoms with Crippen LogP contribution in [0.15, 0.2) is 48.5 Å². The maximum Gasteiger partial charge on any atom is 0.319 e. The quantitative estimate of drug-likeness (QED) is 0.859. The standard InChI is InChI=1S/C19H22N2O/c1-14-9-10-17(13-15(14)2)20-18(22)21-19(11-6-12-19)16-7-4-3-5-8-16/h3-5,7-10,13H,6,11-12H2,1-2H3,(H2,20,21,22). The molecule has 2 aromatic carbocycles. The van der Waals surface area contributed by atoms with Gasteiger partial charge in [0, 0.05) is 5.69 Å². The molecule has 0 saturated heterocycles. The first-order valence-electron chi connectivity index (χ1n) is 7.81. The summed E-state index contributed by atoms with van der Waals surface area (Å²) in [5.41, 5.74) is 4.23. The number of aryl methyl sites for hydroxylation is 2. The Morgan fingerprint density at radius 1 is 1.00 bits per heavy atom. The minimum Gasteiger partial charge on any atom is -0.328 e. The highest BCUT2D eigenvalue weighted by molar-refractivity contribution is 5.90. The van der Waals surface area contributed by atoms with Gasteiger partial charge in [-0.15, -0.1) is 0 Å². The molecule has 0 radical (unpaired) electrons. The molecular weight excluding hydrogens is 272 g/mol. The molecule has 1 aliphatic rings. The lowest BCUT2D eigenvalue weighted by atomic mass is 9.72. The van der Waals surface area contributed by atoms with E-state index in [0.29, 0.717) is 0 Å². The number of carbonyl (C=O) groups is 1. The lowest BCUT2D eigenvalue weighted by Crippen LogP contribution is -2.52. The molecule has 3 nitrogen and oxygen atoms in total. The highest BCUT2D eigenvalue weighted by atomic mass is 16.2. The van der Waals surface area contributed by atoms with Crippen molar-refractivity contribution in [3.8, 4) is 0 Å². The van der Waals surface area contributed by atoms with E-state index in [1.54, 1.807) is 0 Å². The van der Waals surface area contributed by atoms with Crippen LogP contribution in [0.1, 0.15) is 36.0 Å². The van der Waals surface area contributed by atoms with Crippen LogP contribution in [0.4, 0.5) is 10.5 Å². The van der Waals surface area contributed by atoms with E-state index in [2.05, 4.69) is 36.6 Å². The summed E-state index contributed by atoms with van der Waals surface area (Å²) in [5.74, 6) is 0. The van der Waals surface area contributed by atoms with Gasteiger partial charge in [0.25, 0.3) is 0 Å². The van der Waals surface area contributed by atoms with Crippen molar-refractivity contribution in [1.82, 2.24) is 5.32 Å². The van der Waals surface area contributed by atoms with Crippen molar-refractivity contribution >= 4 is 11.7 Å². The monoisotopic (exact) mass is 294 g/mol. The molecule has 1 aliphatic carbocycles. The summed E-state index contributed by atoms with van der Waals surface area (Å²) in [6.07, 6.45) is 3.15. The van der Waals surface area contributed by atoms with Crippen LogP contribution < -0.4 is 10.6 Å². The number of anilines is 1. The summed E-state index contributed by atoms with van der Waals surface area (Å²) in [6, 6.07) is 16.1. The van der Waals surface area contributed by atoms with Crippen LogP contribution in [0.5, 0.6) is 0 Å². The summed E-state index contributed by atoms with van der Waals surface area (Å²) < 4.78 is 0. The first kappa shape index (κ1) is 14.6. The van der Waals surface area contributed by atoms with Crippen LogP contribution >= 0.6 is 0 Å². The number of urea groups is 1. The van der Waals surface area contributed by atoms with Gasteiger partial charge >= 0.3 is 6.03 Å². The van der Waals surface area contributed by atoms with E-state index in [4.69, 9.17) is 0 Å². The van der Waals surface area contributed by atoms with Gasteiger partial charge in [-0.1, -0.05) is 36.4 Å². The molecule has 0 aliphatic heterocycles. The molecule has 0 aromatic heterocycles. The molecule has 0 unspecified atom stereocenters. The molecule has 1 fully saturated rings. The molecule has 22 heavy (non-hydrogen) atoms. The van der Waals surface area contributed by atoms with Gasteiger partial charge in [-0.3, -0.25) is 0 Å². The molecule has 3 heteroatoms. The molecule has 0 spiro atoms. The van der Waals surface area contributed by atoms with Gasteiger partial charge in [0.05, 0.1) is 5.54 Å². The maximum absolute atomic E-state index is 12.4. The smallest absolute Gasteiger partial charge is 0.319 e. The number of hydrogen-bond donors (Lipinski definition) is 2. The predicted octanol–water partition coefficient (Wildman–Crippen LogP) is 4.50. The van der Waals surface area contributed by atoms with Crippen LogP contribution in [0.2, 0.25) is 0 Å². The summed E-state index contributed by atoms with van der Waals surface area (Å²) >= 11 is 0. The normalized spacial score (nSPS) is 15.7. The average Bonchev–Trinajstić information content (AvgIpc) is 2.48. The largest absolute Gasteiger partial charge is 0.328 e. The van der Waals surface area contributed by atoms with Crippen LogP contribution in [0, 0.1) is 13.8 Å². The van der Waals surface area contributed by atoms with Gasteiger partial charge in [0.15, 0.2) is 0 Å². The Labute approximate surface area is 131 Å². The average molecular weight is 294 g/mol. The van der Waals surface area contributed by atoms with E-state index in [-0.39, 0.29) is 11.6 Å².